The van der Waals surface area contributed by atoms with Crippen LogP contribution in [0.5, 0.6) is 0 Å². The van der Waals surface area contributed by atoms with Crippen LogP contribution in [0.3, 0.4) is 0 Å². The Balaban J connectivity index is 0. The summed E-state index contributed by atoms with van der Waals surface area (Å²) >= 11 is 0. The zero-order valence-corrected chi connectivity index (χ0v) is 6.93. The lowest BCUT2D eigenvalue weighted by atomic mass is 9.97. The Labute approximate surface area is 58.3 Å². The van der Waals surface area contributed by atoms with Crippen molar-refractivity contribution in [2.24, 2.45) is 5.41 Å². The van der Waals surface area contributed by atoms with Crippen LogP contribution in [0.2, 0.25) is 0 Å². The molecular formula is C6H16ClN. The minimum absolute atomic E-state index is 0. The summed E-state index contributed by atoms with van der Waals surface area (Å²) in [6.45, 7) is 7.73. The molecule has 0 bridgehead atoms. The van der Waals surface area contributed by atoms with Crippen molar-refractivity contribution in [2.75, 3.05) is 13.6 Å². The van der Waals surface area contributed by atoms with Gasteiger partial charge in [-0.05, 0) is 19.0 Å². The summed E-state index contributed by atoms with van der Waals surface area (Å²) in [4.78, 5) is 0. The first-order valence-corrected chi connectivity index (χ1v) is 2.71. The van der Waals surface area contributed by atoms with E-state index in [-0.39, 0.29) is 12.4 Å². The number of hydrogen-bond donors (Lipinski definition) is 1. The number of nitrogens with one attached hydrogen (secondary N) is 1. The van der Waals surface area contributed by atoms with E-state index in [1.807, 2.05) is 7.05 Å². The van der Waals surface area contributed by atoms with Gasteiger partial charge in [-0.15, -0.1) is 12.4 Å². The van der Waals surface area contributed by atoms with Crippen LogP contribution in [0.15, 0.2) is 0 Å². The zero-order valence-electron chi connectivity index (χ0n) is 6.12. The van der Waals surface area contributed by atoms with Crippen molar-refractivity contribution in [1.29, 1.82) is 0 Å². The second-order valence-electron chi connectivity index (χ2n) is 3.09. The second-order valence-corrected chi connectivity index (χ2v) is 3.09. The van der Waals surface area contributed by atoms with Gasteiger partial charge in [-0.1, -0.05) is 20.8 Å². The van der Waals surface area contributed by atoms with E-state index in [9.17, 15) is 0 Å². The van der Waals surface area contributed by atoms with Gasteiger partial charge in [-0.25, -0.2) is 0 Å². The smallest absolute Gasteiger partial charge is 0.000313 e. The van der Waals surface area contributed by atoms with E-state index >= 15 is 0 Å². The maximum absolute atomic E-state index is 3.11. The van der Waals surface area contributed by atoms with E-state index in [1.165, 1.54) is 0 Å². The predicted octanol–water partition coefficient (Wildman–Crippen LogP) is 1.67. The molecule has 1 nitrogen and oxygen atoms in total. The minimum atomic E-state index is 0. The van der Waals surface area contributed by atoms with Crippen molar-refractivity contribution in [3.05, 3.63) is 0 Å². The van der Waals surface area contributed by atoms with E-state index in [1.54, 1.807) is 0 Å². The predicted molar refractivity (Wildman–Crippen MR) is 40.6 cm³/mol. The molecule has 0 aromatic carbocycles. The third-order valence-electron chi connectivity index (χ3n) is 0.707. The second kappa shape index (κ2) is 4.16. The molecule has 0 unspecified atom stereocenters. The Bertz CT molecular complexity index is 47.0. The molecule has 0 radical (unpaired) electrons. The molecule has 0 amide bonds. The van der Waals surface area contributed by atoms with Crippen LogP contribution in [-0.2, 0) is 0 Å². The number of rotatable bonds is 1. The summed E-state index contributed by atoms with van der Waals surface area (Å²) in [7, 11) is 1.98. The Morgan fingerprint density at radius 1 is 1.25 bits per heavy atom. The molecule has 0 atom stereocenters. The average molecular weight is 138 g/mol. The van der Waals surface area contributed by atoms with Crippen molar-refractivity contribution >= 4 is 12.4 Å². The third kappa shape index (κ3) is 9.54. The highest BCUT2D eigenvalue weighted by atomic mass is 35.5. The van der Waals surface area contributed by atoms with Gasteiger partial charge in [0.05, 0.1) is 0 Å². The summed E-state index contributed by atoms with van der Waals surface area (Å²) in [5.41, 5.74) is 0.439. The van der Waals surface area contributed by atoms with Crippen LogP contribution in [-0.4, -0.2) is 13.6 Å². The van der Waals surface area contributed by atoms with E-state index in [0.717, 1.165) is 6.54 Å². The molecule has 52 valence electrons. The van der Waals surface area contributed by atoms with Crippen LogP contribution in [0.25, 0.3) is 0 Å². The molecule has 0 aliphatic carbocycles. The first kappa shape index (κ1) is 11.1. The minimum Gasteiger partial charge on any atom is -0.319 e. The lowest BCUT2D eigenvalue weighted by molar-refractivity contribution is 0.395. The fraction of sp³-hybridized carbons (Fsp3) is 1.00. The Hall–Kier alpha value is 0.250. The standard InChI is InChI=1S/C6H15N.ClH/c1-6(2,3)5-7-4;/h7H,5H2,1-4H3;1H. The molecule has 0 aliphatic rings. The summed E-state index contributed by atoms with van der Waals surface area (Å²) in [5, 5.41) is 3.11. The van der Waals surface area contributed by atoms with Crippen LogP contribution in [0, 0.1) is 5.41 Å². The van der Waals surface area contributed by atoms with Crippen LogP contribution in [0.1, 0.15) is 20.8 Å². The van der Waals surface area contributed by atoms with Crippen LogP contribution < -0.4 is 5.32 Å². The molecule has 0 fully saturated rings. The van der Waals surface area contributed by atoms with E-state index in [4.69, 9.17) is 0 Å². The topological polar surface area (TPSA) is 12.0 Å². The summed E-state index contributed by atoms with van der Waals surface area (Å²) in [6, 6.07) is 0. The van der Waals surface area contributed by atoms with Gasteiger partial charge in [0.15, 0.2) is 0 Å². The third-order valence-corrected chi connectivity index (χ3v) is 0.707. The zero-order chi connectivity index (χ0) is 5.91. The Morgan fingerprint density at radius 3 is 1.62 bits per heavy atom. The molecule has 0 rings (SSSR count). The summed E-state index contributed by atoms with van der Waals surface area (Å²) in [5.74, 6) is 0. The van der Waals surface area contributed by atoms with E-state index in [0.29, 0.717) is 5.41 Å². The van der Waals surface area contributed by atoms with Crippen molar-refractivity contribution in [3.63, 3.8) is 0 Å². The number of hydrogen-bond acceptors (Lipinski definition) is 1. The quantitative estimate of drug-likeness (QED) is 0.580. The highest BCUT2D eigenvalue weighted by molar-refractivity contribution is 5.85. The van der Waals surface area contributed by atoms with Gasteiger partial charge in [-0.3, -0.25) is 0 Å². The molecule has 0 heterocycles. The normalized spacial score (nSPS) is 10.5. The van der Waals surface area contributed by atoms with Crippen molar-refractivity contribution in [1.82, 2.24) is 5.32 Å². The fourth-order valence-electron chi connectivity index (χ4n) is 0.530. The molecule has 0 saturated carbocycles. The summed E-state index contributed by atoms with van der Waals surface area (Å²) in [6.07, 6.45) is 0. The lowest BCUT2D eigenvalue weighted by Gasteiger charge is -2.16. The highest BCUT2D eigenvalue weighted by Crippen LogP contribution is 2.09. The average Bonchev–Trinajstić information content (AvgIpc) is 1.30. The molecule has 0 aromatic heterocycles. The molecule has 8 heavy (non-hydrogen) atoms. The van der Waals surface area contributed by atoms with Crippen LogP contribution >= 0.6 is 12.4 Å². The first-order valence-electron chi connectivity index (χ1n) is 2.71. The molecule has 1 N–H and O–H groups in total. The first-order chi connectivity index (χ1) is 3.06. The molecule has 2 heteroatoms. The van der Waals surface area contributed by atoms with Gasteiger partial charge < -0.3 is 5.32 Å². The molecule has 0 spiro atoms. The van der Waals surface area contributed by atoms with Gasteiger partial charge in [0.2, 0.25) is 0 Å². The van der Waals surface area contributed by atoms with Crippen molar-refractivity contribution < 1.29 is 0 Å². The SMILES string of the molecule is CNCC(C)(C)C.Cl. The molecule has 0 aliphatic heterocycles. The van der Waals surface area contributed by atoms with Gasteiger partial charge in [0.1, 0.15) is 0 Å². The Morgan fingerprint density at radius 2 is 1.62 bits per heavy atom. The maximum Gasteiger partial charge on any atom is -0.000313 e. The van der Waals surface area contributed by atoms with Gasteiger partial charge in [0, 0.05) is 0 Å². The lowest BCUT2D eigenvalue weighted by Crippen LogP contribution is -2.22. The highest BCUT2D eigenvalue weighted by Gasteiger charge is 2.05. The van der Waals surface area contributed by atoms with Crippen LogP contribution in [0.4, 0.5) is 0 Å². The maximum atomic E-state index is 3.11. The molecule has 0 aromatic rings. The van der Waals surface area contributed by atoms with E-state index in [2.05, 4.69) is 26.1 Å². The van der Waals surface area contributed by atoms with Crippen molar-refractivity contribution in [2.45, 2.75) is 20.8 Å². The van der Waals surface area contributed by atoms with Gasteiger partial charge in [-0.2, -0.15) is 0 Å². The van der Waals surface area contributed by atoms with E-state index < -0.39 is 0 Å². The molecular weight excluding hydrogens is 122 g/mol. The summed E-state index contributed by atoms with van der Waals surface area (Å²) < 4.78 is 0. The van der Waals surface area contributed by atoms with Crippen molar-refractivity contribution in [3.8, 4) is 0 Å². The molecule has 0 saturated heterocycles. The monoisotopic (exact) mass is 137 g/mol. The fourth-order valence-corrected chi connectivity index (χ4v) is 0.530. The van der Waals surface area contributed by atoms with Gasteiger partial charge in [0.25, 0.3) is 0 Å². The van der Waals surface area contributed by atoms with Gasteiger partial charge >= 0.3 is 0 Å². The Kier molecular flexibility index (Phi) is 5.77. The largest absolute Gasteiger partial charge is 0.319 e. The number of halogens is 1.